The number of carbonyl (C=O) groups is 2. The number of rotatable bonds is 3. The monoisotopic (exact) mass is 273 g/mol. The lowest BCUT2D eigenvalue weighted by Crippen LogP contribution is -2.53. The molecular formula is C15H15NO4. The molecule has 1 aliphatic carbocycles. The zero-order valence-electron chi connectivity index (χ0n) is 11.1. The molecule has 1 amide bonds. The molecule has 1 saturated carbocycles. The van der Waals surface area contributed by atoms with E-state index in [0.717, 1.165) is 10.9 Å². The third kappa shape index (κ3) is 1.62. The molecule has 0 atom stereocenters. The van der Waals surface area contributed by atoms with Gasteiger partial charge in [-0.15, -0.1) is 0 Å². The summed E-state index contributed by atoms with van der Waals surface area (Å²) in [7, 11) is 1.35. The Balaban J connectivity index is 2.03. The molecule has 1 aromatic carbocycles. The summed E-state index contributed by atoms with van der Waals surface area (Å²) in [4.78, 5) is 23.5. The first kappa shape index (κ1) is 12.7. The highest BCUT2D eigenvalue weighted by atomic mass is 16.5. The lowest BCUT2D eigenvalue weighted by Gasteiger charge is -2.44. The number of furan rings is 1. The Morgan fingerprint density at radius 1 is 1.35 bits per heavy atom. The molecule has 0 radical (unpaired) electrons. The van der Waals surface area contributed by atoms with Gasteiger partial charge in [-0.2, -0.15) is 0 Å². The van der Waals surface area contributed by atoms with Crippen molar-refractivity contribution in [3.05, 3.63) is 36.1 Å². The summed E-state index contributed by atoms with van der Waals surface area (Å²) in [5, 5.41) is 0.870. The smallest absolute Gasteiger partial charge is 0.308 e. The van der Waals surface area contributed by atoms with Crippen LogP contribution < -0.4 is 5.73 Å². The van der Waals surface area contributed by atoms with Gasteiger partial charge in [-0.25, -0.2) is 0 Å². The van der Waals surface area contributed by atoms with Crippen LogP contribution in [0.3, 0.4) is 0 Å². The largest absolute Gasteiger partial charge is 0.469 e. The molecule has 0 unspecified atom stereocenters. The highest BCUT2D eigenvalue weighted by Gasteiger charge is 2.54. The third-order valence-electron chi connectivity index (χ3n) is 4.21. The molecule has 20 heavy (non-hydrogen) atoms. The Morgan fingerprint density at radius 3 is 2.75 bits per heavy atom. The number of hydrogen-bond acceptors (Lipinski definition) is 4. The number of nitrogens with two attached hydrogens (primary N) is 1. The molecule has 1 fully saturated rings. The number of ether oxygens (including phenoxy) is 1. The fourth-order valence-electron chi connectivity index (χ4n) is 3.08. The maximum atomic E-state index is 12.0. The highest BCUT2D eigenvalue weighted by Crippen LogP contribution is 2.50. The highest BCUT2D eigenvalue weighted by molar-refractivity contribution is 5.96. The number of primary amides is 1. The second kappa shape index (κ2) is 4.37. The molecule has 5 nitrogen and oxygen atoms in total. The Morgan fingerprint density at radius 2 is 2.10 bits per heavy atom. The van der Waals surface area contributed by atoms with Gasteiger partial charge in [0, 0.05) is 5.39 Å². The number of methoxy groups -OCH3 is 1. The fourth-order valence-corrected chi connectivity index (χ4v) is 3.08. The predicted octanol–water partition coefficient (Wildman–Crippen LogP) is 1.74. The summed E-state index contributed by atoms with van der Waals surface area (Å²) < 4.78 is 10.1. The minimum atomic E-state index is -0.803. The van der Waals surface area contributed by atoms with Crippen LogP contribution in [0.25, 0.3) is 11.0 Å². The number of carbonyl (C=O) groups excluding carboxylic acids is 2. The SMILES string of the molecule is COC(=O)C1CC(C(N)=O)(c2cccc3occc23)C1. The molecule has 1 heterocycles. The van der Waals surface area contributed by atoms with Crippen molar-refractivity contribution in [1.29, 1.82) is 0 Å². The first-order valence-corrected chi connectivity index (χ1v) is 6.43. The third-order valence-corrected chi connectivity index (χ3v) is 4.21. The van der Waals surface area contributed by atoms with Crippen molar-refractivity contribution in [2.24, 2.45) is 11.7 Å². The molecule has 2 aromatic rings. The molecular weight excluding hydrogens is 258 g/mol. The lowest BCUT2D eigenvalue weighted by atomic mass is 9.57. The van der Waals surface area contributed by atoms with Gasteiger partial charge in [0.05, 0.1) is 24.7 Å². The zero-order chi connectivity index (χ0) is 14.3. The van der Waals surface area contributed by atoms with Gasteiger partial charge in [-0.3, -0.25) is 9.59 Å². The van der Waals surface area contributed by atoms with Crippen LogP contribution in [0.15, 0.2) is 34.9 Å². The Labute approximate surface area is 115 Å². The van der Waals surface area contributed by atoms with Crippen LogP contribution in [-0.4, -0.2) is 19.0 Å². The second-order valence-corrected chi connectivity index (χ2v) is 5.21. The van der Waals surface area contributed by atoms with Crippen molar-refractivity contribution < 1.29 is 18.7 Å². The molecule has 2 N–H and O–H groups in total. The number of fused-ring (bicyclic) bond motifs is 1. The van der Waals surface area contributed by atoms with Crippen LogP contribution in [0, 0.1) is 5.92 Å². The van der Waals surface area contributed by atoms with Gasteiger partial charge in [0.2, 0.25) is 5.91 Å². The molecule has 1 aromatic heterocycles. The summed E-state index contributed by atoms with van der Waals surface area (Å²) in [6.45, 7) is 0. The second-order valence-electron chi connectivity index (χ2n) is 5.21. The summed E-state index contributed by atoms with van der Waals surface area (Å²) in [5.74, 6) is -0.970. The van der Waals surface area contributed by atoms with Crippen molar-refractivity contribution in [1.82, 2.24) is 0 Å². The molecule has 3 rings (SSSR count). The van der Waals surface area contributed by atoms with Crippen molar-refractivity contribution >= 4 is 22.8 Å². The van der Waals surface area contributed by atoms with Crippen LogP contribution in [-0.2, 0) is 19.7 Å². The quantitative estimate of drug-likeness (QED) is 0.863. The number of hydrogen-bond donors (Lipinski definition) is 1. The summed E-state index contributed by atoms with van der Waals surface area (Å²) in [6, 6.07) is 7.36. The Kier molecular flexibility index (Phi) is 2.78. The van der Waals surface area contributed by atoms with E-state index < -0.39 is 11.3 Å². The maximum Gasteiger partial charge on any atom is 0.308 e. The van der Waals surface area contributed by atoms with E-state index in [4.69, 9.17) is 14.9 Å². The zero-order valence-corrected chi connectivity index (χ0v) is 11.1. The minimum Gasteiger partial charge on any atom is -0.469 e. The van der Waals surface area contributed by atoms with Crippen molar-refractivity contribution in [3.63, 3.8) is 0 Å². The van der Waals surface area contributed by atoms with Gasteiger partial charge >= 0.3 is 5.97 Å². The van der Waals surface area contributed by atoms with E-state index in [-0.39, 0.29) is 11.9 Å². The van der Waals surface area contributed by atoms with Gasteiger partial charge in [0.25, 0.3) is 0 Å². The molecule has 0 bridgehead atoms. The van der Waals surface area contributed by atoms with Crippen molar-refractivity contribution in [2.75, 3.05) is 7.11 Å². The van der Waals surface area contributed by atoms with Crippen LogP contribution in [0.5, 0.6) is 0 Å². The van der Waals surface area contributed by atoms with E-state index >= 15 is 0 Å². The average molecular weight is 273 g/mol. The van der Waals surface area contributed by atoms with Gasteiger partial charge in [0.15, 0.2) is 0 Å². The fraction of sp³-hybridized carbons (Fsp3) is 0.333. The molecule has 0 spiro atoms. The summed E-state index contributed by atoms with van der Waals surface area (Å²) in [5.41, 5.74) is 6.35. The predicted molar refractivity (Wildman–Crippen MR) is 71.8 cm³/mol. The van der Waals surface area contributed by atoms with E-state index in [1.54, 1.807) is 6.26 Å². The number of benzene rings is 1. The van der Waals surface area contributed by atoms with E-state index in [1.807, 2.05) is 24.3 Å². The average Bonchev–Trinajstić information content (AvgIpc) is 2.85. The van der Waals surface area contributed by atoms with Crippen LogP contribution in [0.1, 0.15) is 18.4 Å². The van der Waals surface area contributed by atoms with Crippen LogP contribution in [0.2, 0.25) is 0 Å². The Bertz CT molecular complexity index is 682. The minimum absolute atomic E-state index is 0.269. The van der Waals surface area contributed by atoms with Crippen molar-refractivity contribution in [3.8, 4) is 0 Å². The molecule has 0 aliphatic heterocycles. The topological polar surface area (TPSA) is 82.5 Å². The number of esters is 1. The van der Waals surface area contributed by atoms with Crippen LogP contribution >= 0.6 is 0 Å². The lowest BCUT2D eigenvalue weighted by molar-refractivity contribution is -0.153. The van der Waals surface area contributed by atoms with E-state index in [9.17, 15) is 9.59 Å². The molecule has 5 heteroatoms. The number of amides is 1. The summed E-state index contributed by atoms with van der Waals surface area (Å²) in [6.07, 6.45) is 2.36. The van der Waals surface area contributed by atoms with E-state index in [0.29, 0.717) is 18.4 Å². The van der Waals surface area contributed by atoms with Gasteiger partial charge < -0.3 is 14.9 Å². The van der Waals surface area contributed by atoms with Crippen LogP contribution in [0.4, 0.5) is 0 Å². The molecule has 1 aliphatic rings. The van der Waals surface area contributed by atoms with Gasteiger partial charge in [-0.1, -0.05) is 12.1 Å². The van der Waals surface area contributed by atoms with E-state index in [1.165, 1.54) is 7.11 Å². The maximum absolute atomic E-state index is 12.0. The van der Waals surface area contributed by atoms with Crippen molar-refractivity contribution in [2.45, 2.75) is 18.3 Å². The standard InChI is InChI=1S/C15H15NO4/c1-19-13(17)9-7-15(8-9,14(16)18)11-3-2-4-12-10(11)5-6-20-12/h2-6,9H,7-8H2,1H3,(H2,16,18). The normalized spacial score (nSPS) is 25.1. The van der Waals surface area contributed by atoms with Gasteiger partial charge in [0.1, 0.15) is 5.58 Å². The van der Waals surface area contributed by atoms with E-state index in [2.05, 4.69) is 0 Å². The first-order chi connectivity index (χ1) is 9.58. The summed E-state index contributed by atoms with van der Waals surface area (Å²) >= 11 is 0. The molecule has 0 saturated heterocycles. The first-order valence-electron chi connectivity index (χ1n) is 6.43. The molecule has 104 valence electrons. The van der Waals surface area contributed by atoms with Gasteiger partial charge in [-0.05, 0) is 30.5 Å². The Hall–Kier alpha value is -2.30.